The third-order valence-corrected chi connectivity index (χ3v) is 3.92. The van der Waals surface area contributed by atoms with E-state index in [-0.39, 0.29) is 0 Å². The first-order valence-corrected chi connectivity index (χ1v) is 7.37. The van der Waals surface area contributed by atoms with Gasteiger partial charge in [0.25, 0.3) is 0 Å². The van der Waals surface area contributed by atoms with Gasteiger partial charge in [0.2, 0.25) is 0 Å². The van der Waals surface area contributed by atoms with Crippen LogP contribution in [0.2, 0.25) is 0 Å². The van der Waals surface area contributed by atoms with E-state index in [0.717, 1.165) is 25.4 Å². The second kappa shape index (κ2) is 6.10. The molecular weight excluding hydrogens is 246 g/mol. The first kappa shape index (κ1) is 13.2. The Morgan fingerprint density at radius 3 is 2.65 bits per heavy atom. The third-order valence-electron chi connectivity index (χ3n) is 3.92. The van der Waals surface area contributed by atoms with Gasteiger partial charge in [0.15, 0.2) is 0 Å². The van der Waals surface area contributed by atoms with Crippen molar-refractivity contribution in [2.75, 3.05) is 13.2 Å². The lowest BCUT2D eigenvalue weighted by atomic mass is 9.77. The molecule has 1 unspecified atom stereocenters. The Balaban J connectivity index is 1.47. The normalized spacial score (nSPS) is 16.4. The minimum Gasteiger partial charge on any atom is -0.494 e. The molecule has 0 spiro atoms. The molecule has 0 radical (unpaired) electrons. The van der Waals surface area contributed by atoms with Gasteiger partial charge in [-0.05, 0) is 42.2 Å². The molecule has 1 atom stereocenters. The lowest BCUT2D eigenvalue weighted by Gasteiger charge is -2.30. The van der Waals surface area contributed by atoms with E-state index in [1.54, 1.807) is 0 Å². The van der Waals surface area contributed by atoms with E-state index in [0.29, 0.717) is 5.92 Å². The van der Waals surface area contributed by atoms with Crippen molar-refractivity contribution in [1.29, 1.82) is 0 Å². The van der Waals surface area contributed by atoms with E-state index in [1.807, 2.05) is 19.1 Å². The van der Waals surface area contributed by atoms with E-state index in [2.05, 4.69) is 41.7 Å². The van der Waals surface area contributed by atoms with Crippen LogP contribution >= 0.6 is 0 Å². The molecule has 0 saturated carbocycles. The van der Waals surface area contributed by atoms with Crippen LogP contribution in [0.4, 0.5) is 0 Å². The Morgan fingerprint density at radius 1 is 1.10 bits per heavy atom. The Bertz CT molecular complexity index is 562. The van der Waals surface area contributed by atoms with Crippen molar-refractivity contribution < 1.29 is 4.74 Å². The fourth-order valence-electron chi connectivity index (χ4n) is 2.81. The van der Waals surface area contributed by atoms with E-state index in [4.69, 9.17) is 4.74 Å². The zero-order valence-corrected chi connectivity index (χ0v) is 11.9. The van der Waals surface area contributed by atoms with E-state index < -0.39 is 0 Å². The van der Waals surface area contributed by atoms with Crippen LogP contribution < -0.4 is 10.1 Å². The zero-order chi connectivity index (χ0) is 13.8. The molecule has 20 heavy (non-hydrogen) atoms. The van der Waals surface area contributed by atoms with Gasteiger partial charge in [-0.2, -0.15) is 0 Å². The summed E-state index contributed by atoms with van der Waals surface area (Å²) in [4.78, 5) is 0. The van der Waals surface area contributed by atoms with Gasteiger partial charge in [0, 0.05) is 19.0 Å². The average molecular weight is 267 g/mol. The second-order valence-corrected chi connectivity index (χ2v) is 5.31. The van der Waals surface area contributed by atoms with Crippen LogP contribution in [0.3, 0.4) is 0 Å². The predicted octanol–water partition coefficient (Wildman–Crippen LogP) is 3.51. The molecule has 1 aliphatic rings. The first-order valence-electron chi connectivity index (χ1n) is 7.37. The maximum atomic E-state index is 5.45. The summed E-state index contributed by atoms with van der Waals surface area (Å²) in [7, 11) is 0. The highest BCUT2D eigenvalue weighted by molar-refractivity contribution is 5.40. The summed E-state index contributed by atoms with van der Waals surface area (Å²) in [5, 5.41) is 3.56. The highest BCUT2D eigenvalue weighted by Crippen LogP contribution is 2.34. The molecule has 3 rings (SSSR count). The molecular formula is C18H21NO. The lowest BCUT2D eigenvalue weighted by Crippen LogP contribution is -2.28. The Morgan fingerprint density at radius 2 is 1.90 bits per heavy atom. The number of fused-ring (bicyclic) bond motifs is 1. The predicted molar refractivity (Wildman–Crippen MR) is 82.2 cm³/mol. The molecule has 2 heteroatoms. The number of rotatable bonds is 6. The van der Waals surface area contributed by atoms with Crippen molar-refractivity contribution in [2.24, 2.45) is 0 Å². The molecule has 2 aromatic rings. The number of ether oxygens (including phenoxy) is 1. The fourth-order valence-corrected chi connectivity index (χ4v) is 2.81. The highest BCUT2D eigenvalue weighted by Gasteiger charge is 2.24. The summed E-state index contributed by atoms with van der Waals surface area (Å²) in [5.41, 5.74) is 4.34. The number of nitrogens with one attached hydrogen (secondary N) is 1. The van der Waals surface area contributed by atoms with E-state index in [9.17, 15) is 0 Å². The van der Waals surface area contributed by atoms with Gasteiger partial charge in [0.05, 0.1) is 6.61 Å². The molecule has 0 bridgehead atoms. The Kier molecular flexibility index (Phi) is 4.03. The molecule has 1 N–H and O–H groups in total. The van der Waals surface area contributed by atoms with Crippen molar-refractivity contribution in [1.82, 2.24) is 5.32 Å². The van der Waals surface area contributed by atoms with Crippen LogP contribution in [0.1, 0.15) is 29.5 Å². The number of hydrogen-bond donors (Lipinski definition) is 1. The van der Waals surface area contributed by atoms with Crippen molar-refractivity contribution >= 4 is 0 Å². The van der Waals surface area contributed by atoms with Crippen molar-refractivity contribution in [3.05, 3.63) is 65.2 Å². The molecule has 0 saturated heterocycles. The molecule has 0 amide bonds. The Hall–Kier alpha value is -1.80. The molecule has 0 fully saturated rings. The molecule has 0 aliphatic heterocycles. The summed E-state index contributed by atoms with van der Waals surface area (Å²) < 4.78 is 5.45. The smallest absolute Gasteiger partial charge is 0.119 e. The molecule has 2 aromatic carbocycles. The highest BCUT2D eigenvalue weighted by atomic mass is 16.5. The van der Waals surface area contributed by atoms with E-state index in [1.165, 1.54) is 23.1 Å². The molecule has 0 aromatic heterocycles. The standard InChI is InChI=1S/C18H21NO/c1-2-20-17-9-7-14(8-10-17)12-19-13-16-11-15-5-3-4-6-18(15)16/h3-10,16,19H,2,11-13H2,1H3. The first-order chi connectivity index (χ1) is 9.86. The van der Waals surface area contributed by atoms with Crippen molar-refractivity contribution in [2.45, 2.75) is 25.8 Å². The summed E-state index contributed by atoms with van der Waals surface area (Å²) in [6.07, 6.45) is 1.21. The van der Waals surface area contributed by atoms with Crippen LogP contribution in [-0.2, 0) is 13.0 Å². The Labute approximate surface area is 120 Å². The van der Waals surface area contributed by atoms with Crippen LogP contribution in [0.5, 0.6) is 5.75 Å². The minimum absolute atomic E-state index is 0.689. The van der Waals surface area contributed by atoms with Crippen LogP contribution in [0.25, 0.3) is 0 Å². The second-order valence-electron chi connectivity index (χ2n) is 5.31. The van der Waals surface area contributed by atoms with E-state index >= 15 is 0 Å². The lowest BCUT2D eigenvalue weighted by molar-refractivity contribution is 0.340. The quantitative estimate of drug-likeness (QED) is 0.864. The van der Waals surface area contributed by atoms with Crippen molar-refractivity contribution in [3.8, 4) is 5.75 Å². The van der Waals surface area contributed by atoms with Crippen molar-refractivity contribution in [3.63, 3.8) is 0 Å². The zero-order valence-electron chi connectivity index (χ0n) is 11.9. The molecule has 0 heterocycles. The van der Waals surface area contributed by atoms with Gasteiger partial charge in [-0.25, -0.2) is 0 Å². The van der Waals surface area contributed by atoms with Gasteiger partial charge in [-0.3, -0.25) is 0 Å². The minimum atomic E-state index is 0.689. The van der Waals surface area contributed by atoms with Gasteiger partial charge in [-0.15, -0.1) is 0 Å². The topological polar surface area (TPSA) is 21.3 Å². The van der Waals surface area contributed by atoms with Crippen LogP contribution in [-0.4, -0.2) is 13.2 Å². The molecule has 2 nitrogen and oxygen atoms in total. The summed E-state index contributed by atoms with van der Waals surface area (Å²) in [5.74, 6) is 1.64. The monoisotopic (exact) mass is 267 g/mol. The summed E-state index contributed by atoms with van der Waals surface area (Å²) in [6, 6.07) is 17.1. The maximum absolute atomic E-state index is 5.45. The fraction of sp³-hybridized carbons (Fsp3) is 0.333. The van der Waals surface area contributed by atoms with Gasteiger partial charge >= 0.3 is 0 Å². The van der Waals surface area contributed by atoms with Crippen LogP contribution in [0.15, 0.2) is 48.5 Å². The van der Waals surface area contributed by atoms with Gasteiger partial charge in [-0.1, -0.05) is 36.4 Å². The summed E-state index contributed by atoms with van der Waals surface area (Å²) in [6.45, 7) is 4.71. The number of benzene rings is 2. The average Bonchev–Trinajstić information content (AvgIpc) is 2.46. The van der Waals surface area contributed by atoms with Gasteiger partial charge in [0.1, 0.15) is 5.75 Å². The third kappa shape index (κ3) is 2.86. The maximum Gasteiger partial charge on any atom is 0.119 e. The molecule has 104 valence electrons. The SMILES string of the molecule is CCOc1ccc(CNCC2Cc3ccccc32)cc1. The van der Waals surface area contributed by atoms with Gasteiger partial charge < -0.3 is 10.1 Å². The number of hydrogen-bond acceptors (Lipinski definition) is 2. The molecule has 1 aliphatic carbocycles. The van der Waals surface area contributed by atoms with Crippen LogP contribution in [0, 0.1) is 0 Å². The largest absolute Gasteiger partial charge is 0.494 e. The summed E-state index contributed by atoms with van der Waals surface area (Å²) >= 11 is 0.